The van der Waals surface area contributed by atoms with Crippen LogP contribution < -0.4 is 10.6 Å². The van der Waals surface area contributed by atoms with Crippen LogP contribution in [0.2, 0.25) is 0 Å². The van der Waals surface area contributed by atoms with E-state index in [1.165, 1.54) is 4.68 Å². The average Bonchev–Trinajstić information content (AvgIpc) is 3.27. The molecule has 37 heavy (non-hydrogen) atoms. The third-order valence-electron chi connectivity index (χ3n) is 6.55. The summed E-state index contributed by atoms with van der Waals surface area (Å²) in [6.07, 6.45) is -1.64. The van der Waals surface area contributed by atoms with Crippen molar-refractivity contribution >= 4 is 29.2 Å². The molecule has 0 radical (unpaired) electrons. The first-order valence-electron chi connectivity index (χ1n) is 11.6. The van der Waals surface area contributed by atoms with Crippen LogP contribution in [0.25, 0.3) is 5.69 Å². The van der Waals surface area contributed by atoms with Crippen molar-refractivity contribution in [1.82, 2.24) is 35.1 Å². The van der Waals surface area contributed by atoms with Gasteiger partial charge in [-0.2, -0.15) is 22.8 Å². The second-order valence-corrected chi connectivity index (χ2v) is 11.2. The Morgan fingerprint density at radius 2 is 1.84 bits per heavy atom. The number of likely N-dealkylation sites (tertiary alicyclic amines) is 1. The second-order valence-electron chi connectivity index (χ2n) is 10.3. The fourth-order valence-electron chi connectivity index (χ4n) is 4.62. The first-order chi connectivity index (χ1) is 17.2. The fourth-order valence-corrected chi connectivity index (χ4v) is 5.27. The van der Waals surface area contributed by atoms with Gasteiger partial charge in [0.05, 0.1) is 17.6 Å². The van der Waals surface area contributed by atoms with Crippen LogP contribution in [0.3, 0.4) is 0 Å². The van der Waals surface area contributed by atoms with Crippen LogP contribution in [0.5, 0.6) is 0 Å². The summed E-state index contributed by atoms with van der Waals surface area (Å²) in [5.41, 5.74) is 0.797. The third kappa shape index (κ3) is 6.47. The van der Waals surface area contributed by atoms with E-state index in [1.807, 2.05) is 0 Å². The molecule has 0 bridgehead atoms. The van der Waals surface area contributed by atoms with Gasteiger partial charge in [0.2, 0.25) is 11.1 Å². The molecule has 9 nitrogen and oxygen atoms in total. The standard InChI is InChI=1S/C23H29F4N9S/c1-21(2)10-15(11-22(3,4)35(21)5)29-18-17(24)12-28-19(31-18)30-14-7-6-8-16(9-14)36-20(32-33-34-36)37-13-23(25,26)27/h6-9,12,15H,10-11,13H2,1-5H3,(H2,28,29,30,31). The number of piperidine rings is 1. The van der Waals surface area contributed by atoms with Gasteiger partial charge in [-0.3, -0.25) is 4.90 Å². The number of benzene rings is 1. The molecule has 2 N–H and O–H groups in total. The molecule has 0 atom stereocenters. The Morgan fingerprint density at radius 3 is 2.51 bits per heavy atom. The Hall–Kier alpha value is -3.00. The number of hydrogen-bond acceptors (Lipinski definition) is 9. The molecule has 4 rings (SSSR count). The predicted molar refractivity (Wildman–Crippen MR) is 134 cm³/mol. The van der Waals surface area contributed by atoms with E-state index in [0.717, 1.165) is 19.0 Å². The Kier molecular flexibility index (Phi) is 7.34. The van der Waals surface area contributed by atoms with Crippen LogP contribution in [0, 0.1) is 5.82 Å². The molecule has 0 saturated carbocycles. The molecule has 1 aliphatic rings. The van der Waals surface area contributed by atoms with Gasteiger partial charge in [0.15, 0.2) is 11.6 Å². The molecular formula is C23H29F4N9S. The molecule has 14 heteroatoms. The smallest absolute Gasteiger partial charge is 0.365 e. The summed E-state index contributed by atoms with van der Waals surface area (Å²) in [5.74, 6) is -1.42. The molecular weight excluding hydrogens is 510 g/mol. The molecule has 1 aliphatic heterocycles. The molecule has 0 amide bonds. The Labute approximate surface area is 216 Å². The summed E-state index contributed by atoms with van der Waals surface area (Å²) in [6.45, 7) is 8.65. The SMILES string of the molecule is CN1C(C)(C)CC(Nc2nc(Nc3cccc(-n4nnnc4SCC(F)(F)F)c3)ncc2F)CC1(C)C. The zero-order chi connectivity index (χ0) is 27.0. The number of anilines is 3. The highest BCUT2D eigenvalue weighted by Crippen LogP contribution is 2.38. The van der Waals surface area contributed by atoms with Gasteiger partial charge in [-0.05, 0) is 76.2 Å². The van der Waals surface area contributed by atoms with Gasteiger partial charge in [0.1, 0.15) is 0 Å². The highest BCUT2D eigenvalue weighted by atomic mass is 32.2. The summed E-state index contributed by atoms with van der Waals surface area (Å²) < 4.78 is 53.8. The highest BCUT2D eigenvalue weighted by molar-refractivity contribution is 7.99. The average molecular weight is 540 g/mol. The molecule has 3 aromatic rings. The lowest BCUT2D eigenvalue weighted by atomic mass is 9.77. The molecule has 2 aromatic heterocycles. The number of tetrazole rings is 1. The van der Waals surface area contributed by atoms with Crippen molar-refractivity contribution in [2.45, 2.75) is 69.0 Å². The van der Waals surface area contributed by atoms with Crippen molar-refractivity contribution in [1.29, 1.82) is 0 Å². The molecule has 0 aliphatic carbocycles. The summed E-state index contributed by atoms with van der Waals surface area (Å²) >= 11 is 0.489. The molecule has 3 heterocycles. The summed E-state index contributed by atoms with van der Waals surface area (Å²) in [6, 6.07) is 6.70. The van der Waals surface area contributed by atoms with E-state index in [9.17, 15) is 17.6 Å². The van der Waals surface area contributed by atoms with Crippen LogP contribution >= 0.6 is 11.8 Å². The quantitative estimate of drug-likeness (QED) is 0.316. The van der Waals surface area contributed by atoms with E-state index < -0.39 is 17.7 Å². The Bertz CT molecular complexity index is 1230. The number of nitrogens with one attached hydrogen (secondary N) is 2. The van der Waals surface area contributed by atoms with E-state index in [4.69, 9.17) is 0 Å². The first kappa shape index (κ1) is 27.0. The van der Waals surface area contributed by atoms with E-state index in [1.54, 1.807) is 24.3 Å². The molecule has 0 spiro atoms. The van der Waals surface area contributed by atoms with Crippen molar-refractivity contribution in [3.8, 4) is 5.69 Å². The Balaban J connectivity index is 1.50. The van der Waals surface area contributed by atoms with Gasteiger partial charge in [-0.15, -0.1) is 5.10 Å². The van der Waals surface area contributed by atoms with Crippen LogP contribution in [-0.2, 0) is 0 Å². The summed E-state index contributed by atoms with van der Waals surface area (Å²) in [5, 5.41) is 17.2. The molecule has 1 fully saturated rings. The fraction of sp³-hybridized carbons (Fsp3) is 0.522. The third-order valence-corrected chi connectivity index (χ3v) is 7.53. The number of rotatable bonds is 7. The predicted octanol–water partition coefficient (Wildman–Crippen LogP) is 5.05. The highest BCUT2D eigenvalue weighted by Gasteiger charge is 2.43. The van der Waals surface area contributed by atoms with E-state index in [-0.39, 0.29) is 34.0 Å². The maximum absolute atomic E-state index is 14.6. The first-order valence-corrected chi connectivity index (χ1v) is 12.6. The summed E-state index contributed by atoms with van der Waals surface area (Å²) in [4.78, 5) is 10.7. The van der Waals surface area contributed by atoms with Crippen molar-refractivity contribution < 1.29 is 17.6 Å². The molecule has 1 aromatic carbocycles. The molecule has 200 valence electrons. The minimum Gasteiger partial charge on any atom is -0.365 e. The monoisotopic (exact) mass is 539 g/mol. The maximum atomic E-state index is 14.6. The van der Waals surface area contributed by atoms with Crippen LogP contribution in [0.15, 0.2) is 35.6 Å². The van der Waals surface area contributed by atoms with Gasteiger partial charge in [-0.25, -0.2) is 9.37 Å². The van der Waals surface area contributed by atoms with Crippen LogP contribution in [0.1, 0.15) is 40.5 Å². The van der Waals surface area contributed by atoms with Gasteiger partial charge in [0, 0.05) is 22.8 Å². The topological polar surface area (TPSA) is 96.7 Å². The second kappa shape index (κ2) is 10.0. The zero-order valence-electron chi connectivity index (χ0n) is 21.1. The Morgan fingerprint density at radius 1 is 1.14 bits per heavy atom. The van der Waals surface area contributed by atoms with Crippen LogP contribution in [-0.4, -0.2) is 71.2 Å². The van der Waals surface area contributed by atoms with Gasteiger partial charge in [0.25, 0.3) is 0 Å². The maximum Gasteiger partial charge on any atom is 0.398 e. The van der Waals surface area contributed by atoms with E-state index in [2.05, 4.69) is 75.8 Å². The van der Waals surface area contributed by atoms with Gasteiger partial charge >= 0.3 is 6.18 Å². The van der Waals surface area contributed by atoms with E-state index >= 15 is 0 Å². The number of thioether (sulfide) groups is 1. The molecule has 0 unspecified atom stereocenters. The minimum atomic E-state index is -4.35. The summed E-state index contributed by atoms with van der Waals surface area (Å²) in [7, 11) is 2.10. The van der Waals surface area contributed by atoms with Crippen molar-refractivity contribution in [2.75, 3.05) is 23.4 Å². The molecule has 1 saturated heterocycles. The van der Waals surface area contributed by atoms with Crippen molar-refractivity contribution in [3.05, 3.63) is 36.3 Å². The van der Waals surface area contributed by atoms with E-state index in [0.29, 0.717) is 23.1 Å². The lowest BCUT2D eigenvalue weighted by molar-refractivity contribution is -0.105. The van der Waals surface area contributed by atoms with Gasteiger partial charge < -0.3 is 10.6 Å². The van der Waals surface area contributed by atoms with Crippen molar-refractivity contribution in [3.63, 3.8) is 0 Å². The minimum absolute atomic E-state index is 0.00275. The van der Waals surface area contributed by atoms with Gasteiger partial charge in [-0.1, -0.05) is 17.8 Å². The largest absolute Gasteiger partial charge is 0.398 e. The number of hydrogen-bond donors (Lipinski definition) is 2. The number of halogens is 4. The zero-order valence-corrected chi connectivity index (χ0v) is 22.0. The number of aromatic nitrogens is 6. The lowest BCUT2D eigenvalue weighted by Crippen LogP contribution is -2.61. The van der Waals surface area contributed by atoms with Crippen molar-refractivity contribution in [2.24, 2.45) is 0 Å². The lowest BCUT2D eigenvalue weighted by Gasteiger charge is -2.53. The normalized spacial score (nSPS) is 18.1. The number of nitrogens with zero attached hydrogens (tertiary/aromatic N) is 7. The van der Waals surface area contributed by atoms with Crippen LogP contribution in [0.4, 0.5) is 35.0 Å². The number of alkyl halides is 3.